The zero-order chi connectivity index (χ0) is 19.9. The van der Waals surface area contributed by atoms with E-state index in [0.29, 0.717) is 28.6 Å². The number of aromatic nitrogens is 1. The van der Waals surface area contributed by atoms with Gasteiger partial charge < -0.3 is 15.4 Å². The lowest BCUT2D eigenvalue weighted by Crippen LogP contribution is -2.13. The number of rotatable bonds is 7. The Bertz CT molecular complexity index is 964. The van der Waals surface area contributed by atoms with Crippen LogP contribution >= 0.6 is 11.6 Å². The fourth-order valence-corrected chi connectivity index (χ4v) is 2.87. The van der Waals surface area contributed by atoms with Crippen molar-refractivity contribution in [2.24, 2.45) is 0 Å². The topological polar surface area (TPSA) is 63.2 Å². The van der Waals surface area contributed by atoms with Gasteiger partial charge in [-0.25, -0.2) is 4.39 Å². The average molecular weight is 400 g/mol. The lowest BCUT2D eigenvalue weighted by Gasteiger charge is -2.10. The zero-order valence-corrected chi connectivity index (χ0v) is 16.0. The van der Waals surface area contributed by atoms with E-state index in [4.69, 9.17) is 16.3 Å². The Morgan fingerprint density at radius 3 is 2.61 bits per heavy atom. The van der Waals surface area contributed by atoms with E-state index in [2.05, 4.69) is 15.6 Å². The molecule has 7 heteroatoms. The molecule has 2 N–H and O–H groups in total. The van der Waals surface area contributed by atoms with Crippen LogP contribution in [0.4, 0.5) is 15.8 Å². The van der Waals surface area contributed by atoms with Crippen molar-refractivity contribution in [2.75, 3.05) is 24.3 Å². The lowest BCUT2D eigenvalue weighted by atomic mass is 10.1. The maximum absolute atomic E-state index is 12.9. The Hall–Kier alpha value is -3.12. The average Bonchev–Trinajstić information content (AvgIpc) is 2.70. The number of carbonyl (C=O) groups excluding carboxylic acids is 1. The Morgan fingerprint density at radius 1 is 1.11 bits per heavy atom. The molecule has 3 aromatic rings. The predicted octanol–water partition coefficient (Wildman–Crippen LogP) is 4.79. The molecule has 0 unspecified atom stereocenters. The van der Waals surface area contributed by atoms with Gasteiger partial charge in [0.05, 0.1) is 23.4 Å². The van der Waals surface area contributed by atoms with Gasteiger partial charge in [0.2, 0.25) is 0 Å². The number of ether oxygens (including phenoxy) is 1. The number of hydrogen-bond donors (Lipinski definition) is 2. The molecular weight excluding hydrogens is 381 g/mol. The van der Waals surface area contributed by atoms with E-state index in [1.54, 1.807) is 42.6 Å². The van der Waals surface area contributed by atoms with Crippen molar-refractivity contribution < 1.29 is 13.9 Å². The normalized spacial score (nSPS) is 10.4. The van der Waals surface area contributed by atoms with Gasteiger partial charge in [0, 0.05) is 24.6 Å². The molecule has 0 aliphatic carbocycles. The van der Waals surface area contributed by atoms with E-state index < -0.39 is 0 Å². The van der Waals surface area contributed by atoms with E-state index in [1.165, 1.54) is 25.4 Å². The molecule has 0 fully saturated rings. The smallest absolute Gasteiger partial charge is 0.257 e. The van der Waals surface area contributed by atoms with E-state index >= 15 is 0 Å². The number of pyridine rings is 1. The third-order valence-electron chi connectivity index (χ3n) is 4.07. The third kappa shape index (κ3) is 5.20. The molecule has 0 spiro atoms. The van der Waals surface area contributed by atoms with E-state index in [-0.39, 0.29) is 11.7 Å². The number of benzene rings is 2. The summed E-state index contributed by atoms with van der Waals surface area (Å²) in [6.07, 6.45) is 3.86. The second kappa shape index (κ2) is 9.19. The number of amides is 1. The van der Waals surface area contributed by atoms with Gasteiger partial charge in [-0.05, 0) is 48.4 Å². The molecule has 0 radical (unpaired) electrons. The van der Waals surface area contributed by atoms with Crippen LogP contribution in [0.1, 0.15) is 15.9 Å². The van der Waals surface area contributed by atoms with Crippen molar-refractivity contribution in [1.29, 1.82) is 0 Å². The Balaban J connectivity index is 1.59. The quantitative estimate of drug-likeness (QED) is 0.599. The molecule has 0 bridgehead atoms. The summed E-state index contributed by atoms with van der Waals surface area (Å²) in [5.41, 5.74) is 2.72. The maximum Gasteiger partial charge on any atom is 0.257 e. The summed E-state index contributed by atoms with van der Waals surface area (Å²) in [5, 5.41) is 6.41. The summed E-state index contributed by atoms with van der Waals surface area (Å²) in [6, 6.07) is 13.1. The van der Waals surface area contributed by atoms with Crippen LogP contribution in [0.15, 0.2) is 60.9 Å². The minimum atomic E-state index is -0.295. The van der Waals surface area contributed by atoms with Crippen molar-refractivity contribution in [2.45, 2.75) is 6.42 Å². The highest BCUT2D eigenvalue weighted by molar-refractivity contribution is 6.32. The maximum atomic E-state index is 12.9. The standard InChI is InChI=1S/C21H19ClFN3O2/c1-28-20-7-6-17(11-19(20)22)26-21(27)15-10-18(13-24-12-15)25-9-8-14-2-4-16(23)5-3-14/h2-7,10-13,25H,8-9H2,1H3,(H,26,27). The highest BCUT2D eigenvalue weighted by Gasteiger charge is 2.09. The summed E-state index contributed by atoms with van der Waals surface area (Å²) < 4.78 is 18.0. The highest BCUT2D eigenvalue weighted by atomic mass is 35.5. The van der Waals surface area contributed by atoms with Gasteiger partial charge in [0.1, 0.15) is 11.6 Å². The number of hydrogen-bond acceptors (Lipinski definition) is 4. The monoisotopic (exact) mass is 399 g/mol. The number of nitrogens with zero attached hydrogens (tertiary/aromatic N) is 1. The molecule has 0 saturated heterocycles. The Morgan fingerprint density at radius 2 is 1.89 bits per heavy atom. The van der Waals surface area contributed by atoms with Crippen LogP contribution in [0, 0.1) is 5.82 Å². The van der Waals surface area contributed by atoms with Gasteiger partial charge in [0.15, 0.2) is 0 Å². The molecule has 1 amide bonds. The van der Waals surface area contributed by atoms with Gasteiger partial charge >= 0.3 is 0 Å². The molecule has 1 heterocycles. The summed E-state index contributed by atoms with van der Waals surface area (Å²) in [4.78, 5) is 16.6. The lowest BCUT2D eigenvalue weighted by molar-refractivity contribution is 0.102. The van der Waals surface area contributed by atoms with Crippen LogP contribution in [0.25, 0.3) is 0 Å². The Labute approximate surface area is 167 Å². The van der Waals surface area contributed by atoms with Crippen molar-refractivity contribution >= 4 is 28.9 Å². The molecule has 0 atom stereocenters. The van der Waals surface area contributed by atoms with Gasteiger partial charge in [-0.1, -0.05) is 23.7 Å². The molecule has 0 saturated carbocycles. The van der Waals surface area contributed by atoms with E-state index in [9.17, 15) is 9.18 Å². The van der Waals surface area contributed by atoms with Crippen molar-refractivity contribution in [3.8, 4) is 5.75 Å². The van der Waals surface area contributed by atoms with Crippen LogP contribution in [0.3, 0.4) is 0 Å². The van der Waals surface area contributed by atoms with Crippen LogP contribution in [-0.2, 0) is 6.42 Å². The SMILES string of the molecule is COc1ccc(NC(=O)c2cncc(NCCc3ccc(F)cc3)c2)cc1Cl. The number of methoxy groups -OCH3 is 1. The number of anilines is 2. The first-order valence-electron chi connectivity index (χ1n) is 8.63. The summed E-state index contributed by atoms with van der Waals surface area (Å²) >= 11 is 6.08. The highest BCUT2D eigenvalue weighted by Crippen LogP contribution is 2.27. The van der Waals surface area contributed by atoms with Gasteiger partial charge in [-0.15, -0.1) is 0 Å². The number of carbonyl (C=O) groups is 1. The van der Waals surface area contributed by atoms with Crippen LogP contribution < -0.4 is 15.4 Å². The molecule has 3 rings (SSSR count). The molecule has 28 heavy (non-hydrogen) atoms. The molecule has 0 aliphatic heterocycles. The molecule has 1 aromatic heterocycles. The summed E-state index contributed by atoms with van der Waals surface area (Å²) in [6.45, 7) is 0.631. The van der Waals surface area contributed by atoms with Gasteiger partial charge in [-0.2, -0.15) is 0 Å². The fraction of sp³-hybridized carbons (Fsp3) is 0.143. The Kier molecular flexibility index (Phi) is 6.45. The fourth-order valence-electron chi connectivity index (χ4n) is 2.61. The largest absolute Gasteiger partial charge is 0.495 e. The van der Waals surface area contributed by atoms with Crippen LogP contribution in [-0.4, -0.2) is 24.5 Å². The van der Waals surface area contributed by atoms with Crippen molar-refractivity contribution in [3.05, 3.63) is 82.9 Å². The predicted molar refractivity (Wildman–Crippen MR) is 109 cm³/mol. The second-order valence-electron chi connectivity index (χ2n) is 6.07. The van der Waals surface area contributed by atoms with E-state index in [0.717, 1.165) is 17.7 Å². The van der Waals surface area contributed by atoms with Crippen LogP contribution in [0.2, 0.25) is 5.02 Å². The molecule has 5 nitrogen and oxygen atoms in total. The minimum Gasteiger partial charge on any atom is -0.495 e. The summed E-state index contributed by atoms with van der Waals surface area (Å²) in [7, 11) is 1.53. The summed E-state index contributed by atoms with van der Waals surface area (Å²) in [5.74, 6) is -0.0117. The zero-order valence-electron chi connectivity index (χ0n) is 15.2. The second-order valence-corrected chi connectivity index (χ2v) is 6.48. The first-order valence-corrected chi connectivity index (χ1v) is 9.01. The van der Waals surface area contributed by atoms with Gasteiger partial charge in [-0.3, -0.25) is 9.78 Å². The number of halogens is 2. The first kappa shape index (κ1) is 19.6. The first-order chi connectivity index (χ1) is 13.5. The van der Waals surface area contributed by atoms with E-state index in [1.807, 2.05) is 0 Å². The van der Waals surface area contributed by atoms with Crippen molar-refractivity contribution in [1.82, 2.24) is 4.98 Å². The number of nitrogens with one attached hydrogen (secondary N) is 2. The van der Waals surface area contributed by atoms with Crippen LogP contribution in [0.5, 0.6) is 5.75 Å². The van der Waals surface area contributed by atoms with Gasteiger partial charge in [0.25, 0.3) is 5.91 Å². The molecule has 144 valence electrons. The third-order valence-corrected chi connectivity index (χ3v) is 4.36. The van der Waals surface area contributed by atoms with Crippen molar-refractivity contribution in [3.63, 3.8) is 0 Å². The minimum absolute atomic E-state index is 0.252. The molecular formula is C21H19ClFN3O2. The molecule has 2 aromatic carbocycles. The molecule has 0 aliphatic rings.